The fourth-order valence-corrected chi connectivity index (χ4v) is 4.49. The smallest absolute Gasteiger partial charge is 0.338 e. The molecule has 1 aliphatic heterocycles. The van der Waals surface area contributed by atoms with E-state index in [1.165, 1.54) is 11.0 Å². The summed E-state index contributed by atoms with van der Waals surface area (Å²) in [6.45, 7) is 4.65. The third-order valence-electron chi connectivity index (χ3n) is 5.82. The molecule has 1 atom stereocenters. The van der Waals surface area contributed by atoms with E-state index >= 15 is 0 Å². The topological polar surface area (TPSA) is 101 Å². The fourth-order valence-electron chi connectivity index (χ4n) is 4.10. The number of benzene rings is 2. The lowest BCUT2D eigenvalue weighted by molar-refractivity contribution is -0.124. The first-order valence-electron chi connectivity index (χ1n) is 12.3. The van der Waals surface area contributed by atoms with Crippen molar-refractivity contribution in [3.63, 3.8) is 0 Å². The van der Waals surface area contributed by atoms with Gasteiger partial charge in [-0.25, -0.2) is 4.79 Å². The summed E-state index contributed by atoms with van der Waals surface area (Å²) >= 11 is 5.72. The van der Waals surface area contributed by atoms with E-state index in [0.29, 0.717) is 35.0 Å². The maximum Gasteiger partial charge on any atom is 0.338 e. The number of hydrogen-bond donors (Lipinski definition) is 1. The van der Waals surface area contributed by atoms with Crippen molar-refractivity contribution >= 4 is 46.5 Å². The summed E-state index contributed by atoms with van der Waals surface area (Å²) in [5, 5.41) is 3.07. The van der Waals surface area contributed by atoms with Crippen LogP contribution in [0.4, 0.5) is 11.4 Å². The van der Waals surface area contributed by atoms with Crippen molar-refractivity contribution < 1.29 is 23.9 Å². The molecule has 1 aromatic heterocycles. The zero-order valence-corrected chi connectivity index (χ0v) is 21.9. The Balaban J connectivity index is 1.56. The van der Waals surface area contributed by atoms with Gasteiger partial charge in [-0.1, -0.05) is 12.1 Å². The van der Waals surface area contributed by atoms with E-state index in [1.807, 2.05) is 19.1 Å². The van der Waals surface area contributed by atoms with E-state index in [-0.39, 0.29) is 30.6 Å². The van der Waals surface area contributed by atoms with Crippen molar-refractivity contribution in [3.8, 4) is 5.75 Å². The summed E-state index contributed by atoms with van der Waals surface area (Å²) in [6.07, 6.45) is 1.52. The van der Waals surface area contributed by atoms with E-state index in [2.05, 4.69) is 10.3 Å². The predicted octanol–water partition coefficient (Wildman–Crippen LogP) is 4.19. The highest BCUT2D eigenvalue weighted by Crippen LogP contribution is 2.30. The lowest BCUT2D eigenvalue weighted by atomic mass is 10.1. The van der Waals surface area contributed by atoms with Crippen molar-refractivity contribution in [1.82, 2.24) is 9.88 Å². The third kappa shape index (κ3) is 6.15. The number of nitrogens with one attached hydrogen (secondary N) is 1. The number of ether oxygens (including phenoxy) is 2. The molecule has 0 bridgehead atoms. The Hall–Kier alpha value is -4.31. The van der Waals surface area contributed by atoms with Crippen molar-refractivity contribution in [3.05, 3.63) is 84.2 Å². The molecule has 0 spiro atoms. The molecule has 1 fully saturated rings. The molecule has 1 saturated heterocycles. The number of hydrogen-bond acceptors (Lipinski definition) is 7. The standard InChI is InChI=1S/C28H28N4O5S/c1-3-36-23-13-11-22(12-14-23)32-26(34)24(31(28(32)38)18-21-9-5-6-15-29-21)17-25(33)30-20-10-7-8-19(16-20)27(35)37-4-2/h5-16,24H,3-4,17-18H2,1-2H3,(H,30,33). The first kappa shape index (κ1) is 26.7. The van der Waals surface area contributed by atoms with Crippen LogP contribution in [0, 0.1) is 0 Å². The van der Waals surface area contributed by atoms with Crippen molar-refractivity contribution in [2.75, 3.05) is 23.4 Å². The third-order valence-corrected chi connectivity index (χ3v) is 6.24. The number of carbonyl (C=O) groups excluding carboxylic acids is 3. The van der Waals surface area contributed by atoms with Crippen LogP contribution in [-0.2, 0) is 20.9 Å². The number of thiocarbonyl (C=S) groups is 1. The van der Waals surface area contributed by atoms with Crippen LogP contribution in [0.2, 0.25) is 0 Å². The minimum absolute atomic E-state index is 0.150. The molecule has 2 heterocycles. The van der Waals surface area contributed by atoms with Crippen LogP contribution in [-0.4, -0.2) is 52.0 Å². The molecule has 0 radical (unpaired) electrons. The van der Waals surface area contributed by atoms with Gasteiger partial charge in [0.25, 0.3) is 5.91 Å². The Morgan fingerprint density at radius 3 is 2.50 bits per heavy atom. The van der Waals surface area contributed by atoms with Gasteiger partial charge in [-0.3, -0.25) is 19.5 Å². The number of amides is 2. The minimum atomic E-state index is -0.843. The zero-order chi connectivity index (χ0) is 27.1. The summed E-state index contributed by atoms with van der Waals surface area (Å²) in [4.78, 5) is 46.3. The number of esters is 1. The molecule has 9 nitrogen and oxygen atoms in total. The lowest BCUT2D eigenvalue weighted by Gasteiger charge is -2.23. The highest BCUT2D eigenvalue weighted by molar-refractivity contribution is 7.80. The summed E-state index contributed by atoms with van der Waals surface area (Å²) in [6, 6.07) is 18.2. The van der Waals surface area contributed by atoms with E-state index < -0.39 is 17.9 Å². The van der Waals surface area contributed by atoms with E-state index in [0.717, 1.165) is 0 Å². The normalized spacial score (nSPS) is 14.9. The van der Waals surface area contributed by atoms with Gasteiger partial charge in [0.15, 0.2) is 5.11 Å². The molecule has 0 saturated carbocycles. The first-order valence-corrected chi connectivity index (χ1v) is 12.7. The largest absolute Gasteiger partial charge is 0.494 e. The number of pyridine rings is 1. The molecular formula is C28H28N4O5S. The van der Waals surface area contributed by atoms with Crippen LogP contribution >= 0.6 is 12.2 Å². The second kappa shape index (κ2) is 12.3. The second-order valence-corrected chi connectivity index (χ2v) is 8.77. The Bertz CT molecular complexity index is 1320. The number of rotatable bonds is 10. The van der Waals surface area contributed by atoms with Gasteiger partial charge in [0.1, 0.15) is 11.8 Å². The van der Waals surface area contributed by atoms with Gasteiger partial charge in [0.05, 0.1) is 43.1 Å². The molecular weight excluding hydrogens is 504 g/mol. The van der Waals surface area contributed by atoms with E-state index in [9.17, 15) is 14.4 Å². The molecule has 0 aliphatic carbocycles. The van der Waals surface area contributed by atoms with Crippen molar-refractivity contribution in [1.29, 1.82) is 0 Å². The van der Waals surface area contributed by atoms with Crippen LogP contribution in [0.15, 0.2) is 72.9 Å². The van der Waals surface area contributed by atoms with Gasteiger partial charge in [-0.15, -0.1) is 0 Å². The summed E-state index contributed by atoms with van der Waals surface area (Å²) in [7, 11) is 0. The van der Waals surface area contributed by atoms with Gasteiger partial charge in [-0.2, -0.15) is 0 Å². The van der Waals surface area contributed by atoms with Gasteiger partial charge in [0, 0.05) is 11.9 Å². The van der Waals surface area contributed by atoms with Crippen LogP contribution in [0.25, 0.3) is 0 Å². The van der Waals surface area contributed by atoms with E-state index in [4.69, 9.17) is 21.7 Å². The average molecular weight is 533 g/mol. The van der Waals surface area contributed by atoms with Crippen molar-refractivity contribution in [2.24, 2.45) is 0 Å². The maximum atomic E-state index is 13.6. The SMILES string of the molecule is CCOC(=O)c1cccc(NC(=O)CC2C(=O)N(c3ccc(OCC)cc3)C(=S)N2Cc2ccccn2)c1. The quantitative estimate of drug-likeness (QED) is 0.307. The van der Waals surface area contributed by atoms with Gasteiger partial charge in [-0.05, 0) is 80.7 Å². The van der Waals surface area contributed by atoms with Crippen LogP contribution < -0.4 is 15.0 Å². The maximum absolute atomic E-state index is 13.6. The Kier molecular flexibility index (Phi) is 8.65. The number of nitrogens with zero attached hydrogens (tertiary/aromatic N) is 3. The van der Waals surface area contributed by atoms with E-state index in [1.54, 1.807) is 66.6 Å². The molecule has 1 aliphatic rings. The summed E-state index contributed by atoms with van der Waals surface area (Å²) < 4.78 is 10.5. The number of carbonyl (C=O) groups is 3. The first-order chi connectivity index (χ1) is 18.4. The molecule has 2 aromatic carbocycles. The zero-order valence-electron chi connectivity index (χ0n) is 21.1. The monoisotopic (exact) mass is 532 g/mol. The minimum Gasteiger partial charge on any atom is -0.494 e. The van der Waals surface area contributed by atoms with Crippen LogP contribution in [0.1, 0.15) is 36.3 Å². The van der Waals surface area contributed by atoms with Gasteiger partial charge in [0.2, 0.25) is 5.91 Å². The van der Waals surface area contributed by atoms with Gasteiger partial charge < -0.3 is 19.7 Å². The molecule has 3 aromatic rings. The van der Waals surface area contributed by atoms with Crippen LogP contribution in [0.5, 0.6) is 5.75 Å². The Morgan fingerprint density at radius 1 is 1.03 bits per heavy atom. The predicted molar refractivity (Wildman–Crippen MR) is 147 cm³/mol. The Labute approximate surface area is 226 Å². The fraction of sp³-hybridized carbons (Fsp3) is 0.250. The number of aromatic nitrogens is 1. The average Bonchev–Trinajstić information content (AvgIpc) is 3.14. The molecule has 196 valence electrons. The van der Waals surface area contributed by atoms with Crippen molar-refractivity contribution in [2.45, 2.75) is 32.9 Å². The molecule has 4 rings (SSSR count). The second-order valence-electron chi connectivity index (χ2n) is 8.40. The molecule has 10 heteroatoms. The number of anilines is 2. The highest BCUT2D eigenvalue weighted by Gasteiger charge is 2.44. The highest BCUT2D eigenvalue weighted by atomic mass is 32.1. The van der Waals surface area contributed by atoms with Crippen LogP contribution in [0.3, 0.4) is 0 Å². The molecule has 2 amide bonds. The van der Waals surface area contributed by atoms with Gasteiger partial charge >= 0.3 is 5.97 Å². The molecule has 38 heavy (non-hydrogen) atoms. The lowest BCUT2D eigenvalue weighted by Crippen LogP contribution is -2.37. The summed E-state index contributed by atoms with van der Waals surface area (Å²) in [5.74, 6) is -0.509. The molecule has 1 unspecified atom stereocenters. The summed E-state index contributed by atoms with van der Waals surface area (Å²) in [5.41, 5.74) is 2.04. The molecule has 1 N–H and O–H groups in total. The Morgan fingerprint density at radius 2 is 1.82 bits per heavy atom.